The van der Waals surface area contributed by atoms with Crippen molar-refractivity contribution in [3.63, 3.8) is 0 Å². The van der Waals surface area contributed by atoms with Crippen LogP contribution in [0.3, 0.4) is 0 Å². The molecular weight excluding hydrogens is 516 g/mol. The lowest BCUT2D eigenvalue weighted by Crippen LogP contribution is -2.43. The summed E-state index contributed by atoms with van der Waals surface area (Å²) in [5.74, 6) is 2.54. The molecule has 1 saturated heterocycles. The third-order valence-corrected chi connectivity index (χ3v) is 7.80. The number of rotatable bonds is 12. The van der Waals surface area contributed by atoms with Crippen molar-refractivity contribution < 1.29 is 5.11 Å². The second kappa shape index (κ2) is 17.8. The Morgan fingerprint density at radius 2 is 1.57 bits per heavy atom. The molecule has 0 saturated carbocycles. The van der Waals surface area contributed by atoms with Gasteiger partial charge in [-0.1, -0.05) is 87.9 Å². The lowest BCUT2D eigenvalue weighted by Gasteiger charge is -2.36. The summed E-state index contributed by atoms with van der Waals surface area (Å²) in [7, 11) is 0. The van der Waals surface area contributed by atoms with E-state index in [0.717, 1.165) is 55.7 Å². The maximum atomic E-state index is 10.3. The van der Waals surface area contributed by atoms with Crippen LogP contribution < -0.4 is 16.0 Å². The monoisotopic (exact) mass is 568 g/mol. The van der Waals surface area contributed by atoms with Gasteiger partial charge in [0.2, 0.25) is 0 Å². The number of anilines is 1. The fourth-order valence-electron chi connectivity index (χ4n) is 5.12. The third-order valence-electron chi connectivity index (χ3n) is 7.80. The number of aryl methyl sites for hydroxylation is 2. The minimum absolute atomic E-state index is 0.341. The first kappa shape index (κ1) is 32.7. The number of phenolic OH excluding ortho intramolecular Hbond substituents is 1. The molecule has 3 aromatic carbocycles. The lowest BCUT2D eigenvalue weighted by molar-refractivity contribution is 0.257. The first-order chi connectivity index (χ1) is 20.4. The molecule has 1 fully saturated rings. The number of piperidine rings is 1. The number of hydrogen-bond acceptors (Lipinski definition) is 5. The van der Waals surface area contributed by atoms with Crippen LogP contribution in [0.15, 0.2) is 102 Å². The molecule has 4 rings (SSSR count). The van der Waals surface area contributed by atoms with Crippen LogP contribution in [-0.2, 0) is 13.0 Å². The molecule has 1 aliphatic rings. The summed E-state index contributed by atoms with van der Waals surface area (Å²) in [6.45, 7) is 13.4. The van der Waals surface area contributed by atoms with E-state index in [1.54, 1.807) is 6.07 Å². The number of nitrogens with one attached hydrogen (secondary N) is 3. The maximum absolute atomic E-state index is 10.3. The van der Waals surface area contributed by atoms with Crippen LogP contribution >= 0.6 is 0 Å². The molecule has 1 heterocycles. The Kier molecular flexibility index (Phi) is 13.9. The summed E-state index contributed by atoms with van der Waals surface area (Å²) < 4.78 is 0. The average Bonchev–Trinajstić information content (AvgIpc) is 3.01. The van der Waals surface area contributed by atoms with E-state index in [1.807, 2.05) is 19.1 Å². The summed E-state index contributed by atoms with van der Waals surface area (Å²) in [5, 5.41) is 21.2. The average molecular weight is 569 g/mol. The van der Waals surface area contributed by atoms with Crippen molar-refractivity contribution in [2.24, 2.45) is 0 Å². The Labute approximate surface area is 254 Å². The number of para-hydroxylation sites is 1. The quantitative estimate of drug-likeness (QED) is 0.176. The van der Waals surface area contributed by atoms with E-state index >= 15 is 0 Å². The highest BCUT2D eigenvalue weighted by Gasteiger charge is 2.21. The minimum Gasteiger partial charge on any atom is -0.508 e. The van der Waals surface area contributed by atoms with Gasteiger partial charge in [0, 0.05) is 36.9 Å². The van der Waals surface area contributed by atoms with Gasteiger partial charge in [0.15, 0.2) is 0 Å². The standard InChI is InChI=1S/C28H40N4O.C9H12/c1-5-11-27(32-18-16-24(17-19-32)30-23-13-8-7-9-14-23)31-28(21(3)6-2)29-20-25-22(4)12-10-15-26(25)33;1-2-6-9-7-4-3-5-8-9/h7-15,24,29-31,33H,5-6,16-20H2,1-4H3;3-5,7-8H,2,6H2,1H3/b27-11+,28-21?;. The molecule has 0 amide bonds. The summed E-state index contributed by atoms with van der Waals surface area (Å²) in [4.78, 5) is 2.46. The van der Waals surface area contributed by atoms with Gasteiger partial charge in [0.25, 0.3) is 0 Å². The van der Waals surface area contributed by atoms with Gasteiger partial charge in [0.1, 0.15) is 17.4 Å². The molecule has 0 unspecified atom stereocenters. The van der Waals surface area contributed by atoms with E-state index in [4.69, 9.17) is 0 Å². The first-order valence-electron chi connectivity index (χ1n) is 15.7. The van der Waals surface area contributed by atoms with Gasteiger partial charge >= 0.3 is 0 Å². The van der Waals surface area contributed by atoms with E-state index < -0.39 is 0 Å². The highest BCUT2D eigenvalue weighted by atomic mass is 16.3. The topological polar surface area (TPSA) is 59.6 Å². The molecule has 5 heteroatoms. The van der Waals surface area contributed by atoms with E-state index in [1.165, 1.54) is 35.5 Å². The van der Waals surface area contributed by atoms with Gasteiger partial charge in [-0.15, -0.1) is 0 Å². The van der Waals surface area contributed by atoms with Gasteiger partial charge in [0.05, 0.1) is 0 Å². The summed E-state index contributed by atoms with van der Waals surface area (Å²) in [5.41, 5.74) is 5.94. The van der Waals surface area contributed by atoms with Crippen molar-refractivity contribution in [3.05, 3.63) is 119 Å². The molecule has 1 aliphatic heterocycles. The molecule has 0 atom stereocenters. The molecule has 3 aromatic rings. The molecule has 0 bridgehead atoms. The molecule has 4 N–H and O–H groups in total. The van der Waals surface area contributed by atoms with Crippen LogP contribution in [0.1, 0.15) is 76.5 Å². The first-order valence-corrected chi connectivity index (χ1v) is 15.7. The largest absolute Gasteiger partial charge is 0.508 e. The van der Waals surface area contributed by atoms with Crippen LogP contribution in [0.25, 0.3) is 0 Å². The summed E-state index contributed by atoms with van der Waals surface area (Å²) >= 11 is 0. The normalized spacial score (nSPS) is 14.4. The molecule has 0 aromatic heterocycles. The lowest BCUT2D eigenvalue weighted by atomic mass is 10.0. The van der Waals surface area contributed by atoms with Crippen LogP contribution in [0.4, 0.5) is 5.69 Å². The van der Waals surface area contributed by atoms with Gasteiger partial charge in [-0.25, -0.2) is 0 Å². The fourth-order valence-corrected chi connectivity index (χ4v) is 5.12. The number of likely N-dealkylation sites (tertiary alicyclic amines) is 1. The predicted molar refractivity (Wildman–Crippen MR) is 179 cm³/mol. The zero-order chi connectivity index (χ0) is 30.2. The fraction of sp³-hybridized carbons (Fsp3) is 0.405. The minimum atomic E-state index is 0.341. The number of nitrogens with zero attached hydrogens (tertiary/aromatic N) is 1. The Morgan fingerprint density at radius 1 is 0.905 bits per heavy atom. The summed E-state index contributed by atoms with van der Waals surface area (Å²) in [6, 6.07) is 27.2. The maximum Gasteiger partial charge on any atom is 0.120 e. The number of phenols is 1. The van der Waals surface area contributed by atoms with E-state index in [-0.39, 0.29) is 0 Å². The zero-order valence-corrected chi connectivity index (χ0v) is 26.4. The van der Waals surface area contributed by atoms with Crippen molar-refractivity contribution in [2.45, 2.75) is 85.7 Å². The number of hydrogen-bond donors (Lipinski definition) is 4. The third kappa shape index (κ3) is 10.5. The Balaban J connectivity index is 0.000000458. The Hall–Kier alpha value is -3.86. The van der Waals surface area contributed by atoms with Crippen molar-refractivity contribution >= 4 is 5.69 Å². The van der Waals surface area contributed by atoms with Crippen molar-refractivity contribution in [2.75, 3.05) is 18.4 Å². The van der Waals surface area contributed by atoms with Crippen molar-refractivity contribution in [1.82, 2.24) is 15.5 Å². The number of aromatic hydroxyl groups is 1. The highest BCUT2D eigenvalue weighted by molar-refractivity contribution is 5.43. The van der Waals surface area contributed by atoms with E-state index in [0.29, 0.717) is 18.3 Å². The van der Waals surface area contributed by atoms with E-state index in [2.05, 4.69) is 115 Å². The van der Waals surface area contributed by atoms with Crippen LogP contribution in [0, 0.1) is 6.92 Å². The number of allylic oxidation sites excluding steroid dienone is 2. The van der Waals surface area contributed by atoms with Gasteiger partial charge in [-0.05, 0) is 86.9 Å². The molecule has 5 nitrogen and oxygen atoms in total. The Bertz CT molecular complexity index is 1230. The van der Waals surface area contributed by atoms with Crippen LogP contribution in [0.2, 0.25) is 0 Å². The molecule has 42 heavy (non-hydrogen) atoms. The molecule has 0 spiro atoms. The van der Waals surface area contributed by atoms with E-state index in [9.17, 15) is 5.11 Å². The molecule has 0 radical (unpaired) electrons. The smallest absolute Gasteiger partial charge is 0.120 e. The zero-order valence-electron chi connectivity index (χ0n) is 26.4. The Morgan fingerprint density at radius 3 is 2.17 bits per heavy atom. The molecule has 0 aliphatic carbocycles. The highest BCUT2D eigenvalue weighted by Crippen LogP contribution is 2.22. The van der Waals surface area contributed by atoms with Crippen LogP contribution in [-0.4, -0.2) is 29.1 Å². The van der Waals surface area contributed by atoms with Gasteiger partial charge in [-0.3, -0.25) is 0 Å². The van der Waals surface area contributed by atoms with Gasteiger partial charge in [-0.2, -0.15) is 0 Å². The predicted octanol–water partition coefficient (Wildman–Crippen LogP) is 8.49. The number of benzene rings is 3. The van der Waals surface area contributed by atoms with Crippen molar-refractivity contribution in [1.29, 1.82) is 0 Å². The van der Waals surface area contributed by atoms with Crippen LogP contribution in [0.5, 0.6) is 5.75 Å². The van der Waals surface area contributed by atoms with Gasteiger partial charge < -0.3 is 26.0 Å². The SMILES string of the molecule is CC/C=C(\NC(NCc1c(C)cccc1O)=C(C)CC)N1CCC(Nc2ccccc2)CC1.CCCc1ccccc1. The van der Waals surface area contributed by atoms with Crippen molar-refractivity contribution in [3.8, 4) is 5.75 Å². The second-order valence-corrected chi connectivity index (χ2v) is 11.1. The second-order valence-electron chi connectivity index (χ2n) is 11.1. The molecular formula is C37H52N4O. The molecule has 226 valence electrons. The summed E-state index contributed by atoms with van der Waals surface area (Å²) in [6.07, 6.45) is 8.87.